The number of benzene rings is 2. The van der Waals surface area contributed by atoms with E-state index in [0.29, 0.717) is 12.3 Å². The molecule has 0 bridgehead atoms. The van der Waals surface area contributed by atoms with Crippen molar-refractivity contribution in [1.29, 1.82) is 0 Å². The lowest BCUT2D eigenvalue weighted by Crippen LogP contribution is -2.61. The van der Waals surface area contributed by atoms with Crippen LogP contribution in [0, 0.1) is 0 Å². The molecule has 142 valence electrons. The van der Waals surface area contributed by atoms with E-state index in [-0.39, 0.29) is 0 Å². The van der Waals surface area contributed by atoms with Crippen LogP contribution in [0.4, 0.5) is 5.69 Å². The van der Waals surface area contributed by atoms with E-state index in [1.165, 1.54) is 7.11 Å². The normalized spacial score (nSPS) is 33.7. The van der Waals surface area contributed by atoms with Crippen LogP contribution in [0.15, 0.2) is 70.9 Å². The van der Waals surface area contributed by atoms with Crippen molar-refractivity contribution in [2.24, 2.45) is 10.2 Å². The fourth-order valence-electron chi connectivity index (χ4n) is 3.31. The van der Waals surface area contributed by atoms with Gasteiger partial charge in [-0.3, -0.25) is 0 Å². The molecule has 2 saturated heterocycles. The van der Waals surface area contributed by atoms with Crippen molar-refractivity contribution in [3.8, 4) is 0 Å². The Labute approximate surface area is 157 Å². The monoisotopic (exact) mass is 370 g/mol. The van der Waals surface area contributed by atoms with Crippen molar-refractivity contribution in [2.75, 3.05) is 13.7 Å². The lowest BCUT2D eigenvalue weighted by atomic mass is 9.96. The smallest absolute Gasteiger partial charge is 0.185 e. The molecule has 7 heteroatoms. The number of rotatable bonds is 4. The van der Waals surface area contributed by atoms with Gasteiger partial charge in [-0.05, 0) is 12.1 Å². The predicted molar refractivity (Wildman–Crippen MR) is 96.4 cm³/mol. The van der Waals surface area contributed by atoms with Crippen LogP contribution < -0.4 is 0 Å². The molecule has 2 fully saturated rings. The number of methoxy groups -OCH3 is 1. The maximum atomic E-state index is 10.7. The van der Waals surface area contributed by atoms with Gasteiger partial charge in [0.05, 0.1) is 12.3 Å². The molecule has 1 N–H and O–H groups in total. The standard InChI is InChI=1S/C20H22N2O5/c1-24-20-17(23)16(22-21-14-10-6-3-7-11-14)18-15(26-20)12-25-19(27-18)13-8-4-2-5-9-13/h2-11,15-20,23H,12H2,1H3. The summed E-state index contributed by atoms with van der Waals surface area (Å²) in [6.07, 6.45) is -3.27. The van der Waals surface area contributed by atoms with E-state index in [4.69, 9.17) is 18.9 Å². The molecule has 0 saturated carbocycles. The Bertz CT molecular complexity index is 757. The molecule has 2 aromatic rings. The van der Waals surface area contributed by atoms with Gasteiger partial charge in [0.25, 0.3) is 0 Å². The van der Waals surface area contributed by atoms with Gasteiger partial charge >= 0.3 is 0 Å². The van der Waals surface area contributed by atoms with Crippen LogP contribution in [0.3, 0.4) is 0 Å². The summed E-state index contributed by atoms with van der Waals surface area (Å²) in [7, 11) is 1.48. The first-order chi connectivity index (χ1) is 13.3. The maximum absolute atomic E-state index is 10.7. The topological polar surface area (TPSA) is 81.9 Å². The minimum Gasteiger partial charge on any atom is -0.385 e. The van der Waals surface area contributed by atoms with Crippen molar-refractivity contribution in [1.82, 2.24) is 0 Å². The number of fused-ring (bicyclic) bond motifs is 1. The molecule has 0 aromatic heterocycles. The molecule has 7 nitrogen and oxygen atoms in total. The molecular weight excluding hydrogens is 348 g/mol. The van der Waals surface area contributed by atoms with Crippen LogP contribution in [0.2, 0.25) is 0 Å². The quantitative estimate of drug-likeness (QED) is 0.837. The molecule has 0 aliphatic carbocycles. The lowest BCUT2D eigenvalue weighted by molar-refractivity contribution is -0.338. The highest BCUT2D eigenvalue weighted by molar-refractivity contribution is 5.34. The highest BCUT2D eigenvalue weighted by Gasteiger charge is 2.50. The van der Waals surface area contributed by atoms with Crippen LogP contribution in [0.5, 0.6) is 0 Å². The first-order valence-corrected chi connectivity index (χ1v) is 8.90. The van der Waals surface area contributed by atoms with Crippen molar-refractivity contribution >= 4 is 5.69 Å². The summed E-state index contributed by atoms with van der Waals surface area (Å²) >= 11 is 0. The second-order valence-electron chi connectivity index (χ2n) is 6.49. The number of azo groups is 1. The van der Waals surface area contributed by atoms with Crippen molar-refractivity contribution < 1.29 is 24.1 Å². The Kier molecular flexibility index (Phi) is 5.56. The largest absolute Gasteiger partial charge is 0.385 e. The van der Waals surface area contributed by atoms with Crippen molar-refractivity contribution in [2.45, 2.75) is 36.9 Å². The summed E-state index contributed by atoms with van der Waals surface area (Å²) in [4.78, 5) is 0. The van der Waals surface area contributed by atoms with E-state index < -0.39 is 36.9 Å². The predicted octanol–water partition coefficient (Wildman–Crippen LogP) is 2.99. The summed E-state index contributed by atoms with van der Waals surface area (Å²) in [5.41, 5.74) is 1.60. The molecule has 2 aromatic carbocycles. The Morgan fingerprint density at radius 2 is 1.70 bits per heavy atom. The zero-order chi connectivity index (χ0) is 18.6. The molecule has 4 rings (SSSR count). The Hall–Kier alpha value is -2.16. The molecule has 27 heavy (non-hydrogen) atoms. The van der Waals surface area contributed by atoms with Gasteiger partial charge in [0.2, 0.25) is 0 Å². The summed E-state index contributed by atoms with van der Waals surface area (Å²) in [6, 6.07) is 18.4. The van der Waals surface area contributed by atoms with E-state index in [1.807, 2.05) is 60.7 Å². The Balaban J connectivity index is 1.58. The SMILES string of the molecule is COC1OC2COC(c3ccccc3)OC2C(N=Nc2ccccc2)C1O. The second-order valence-corrected chi connectivity index (χ2v) is 6.49. The molecule has 2 aliphatic rings. The number of hydrogen-bond donors (Lipinski definition) is 1. The molecule has 0 amide bonds. The van der Waals surface area contributed by atoms with Gasteiger partial charge in [-0.2, -0.15) is 10.2 Å². The molecular formula is C20H22N2O5. The molecule has 0 spiro atoms. The first kappa shape index (κ1) is 18.2. The van der Waals surface area contributed by atoms with Crippen LogP contribution in [0.1, 0.15) is 11.9 Å². The highest BCUT2D eigenvalue weighted by atomic mass is 16.7. The second kappa shape index (κ2) is 8.24. The van der Waals surface area contributed by atoms with Gasteiger partial charge in [0.15, 0.2) is 12.6 Å². The maximum Gasteiger partial charge on any atom is 0.185 e. The van der Waals surface area contributed by atoms with E-state index in [0.717, 1.165) is 5.56 Å². The van der Waals surface area contributed by atoms with Gasteiger partial charge in [-0.15, -0.1) is 0 Å². The minimum absolute atomic E-state index is 0.314. The van der Waals surface area contributed by atoms with Crippen molar-refractivity contribution in [3.63, 3.8) is 0 Å². The summed E-state index contributed by atoms with van der Waals surface area (Å²) in [5, 5.41) is 19.3. The summed E-state index contributed by atoms with van der Waals surface area (Å²) < 4.78 is 23.0. The number of hydrogen-bond acceptors (Lipinski definition) is 7. The zero-order valence-electron chi connectivity index (χ0n) is 14.9. The van der Waals surface area contributed by atoms with Gasteiger partial charge < -0.3 is 24.1 Å². The third-order valence-electron chi connectivity index (χ3n) is 4.70. The number of aliphatic hydroxyl groups is 1. The first-order valence-electron chi connectivity index (χ1n) is 8.90. The third-order valence-corrected chi connectivity index (χ3v) is 4.70. The van der Waals surface area contributed by atoms with Crippen LogP contribution in [-0.4, -0.2) is 49.5 Å². The minimum atomic E-state index is -1.00. The fraction of sp³-hybridized carbons (Fsp3) is 0.400. The van der Waals surface area contributed by atoms with E-state index in [1.54, 1.807) is 0 Å². The van der Waals surface area contributed by atoms with Crippen LogP contribution in [-0.2, 0) is 18.9 Å². The van der Waals surface area contributed by atoms with E-state index in [2.05, 4.69) is 10.2 Å². The van der Waals surface area contributed by atoms with Gasteiger partial charge in [0.1, 0.15) is 24.4 Å². The molecule has 2 aliphatic heterocycles. The van der Waals surface area contributed by atoms with Gasteiger partial charge in [-0.25, -0.2) is 0 Å². The molecule has 6 unspecified atom stereocenters. The number of ether oxygens (including phenoxy) is 4. The Morgan fingerprint density at radius 1 is 1.00 bits per heavy atom. The molecule has 2 heterocycles. The zero-order valence-corrected chi connectivity index (χ0v) is 14.9. The molecule has 0 radical (unpaired) electrons. The highest BCUT2D eigenvalue weighted by Crippen LogP contribution is 2.35. The fourth-order valence-corrected chi connectivity index (χ4v) is 3.31. The summed E-state index contributed by atoms with van der Waals surface area (Å²) in [5.74, 6) is 0. The van der Waals surface area contributed by atoms with E-state index in [9.17, 15) is 5.11 Å². The third kappa shape index (κ3) is 3.92. The average molecular weight is 370 g/mol. The number of aliphatic hydroxyl groups excluding tert-OH is 1. The van der Waals surface area contributed by atoms with Crippen LogP contribution >= 0.6 is 0 Å². The van der Waals surface area contributed by atoms with Gasteiger partial charge in [-0.1, -0.05) is 48.5 Å². The summed E-state index contributed by atoms with van der Waals surface area (Å²) in [6.45, 7) is 0.314. The van der Waals surface area contributed by atoms with Crippen LogP contribution in [0.25, 0.3) is 0 Å². The molecule has 6 atom stereocenters. The Morgan fingerprint density at radius 3 is 2.41 bits per heavy atom. The lowest BCUT2D eigenvalue weighted by Gasteiger charge is -2.46. The average Bonchev–Trinajstić information content (AvgIpc) is 2.74. The van der Waals surface area contributed by atoms with E-state index >= 15 is 0 Å². The van der Waals surface area contributed by atoms with Crippen molar-refractivity contribution in [3.05, 3.63) is 66.2 Å². The van der Waals surface area contributed by atoms with Gasteiger partial charge in [0, 0.05) is 12.7 Å². The number of nitrogens with zero attached hydrogens (tertiary/aromatic N) is 2.